The van der Waals surface area contributed by atoms with Gasteiger partial charge in [-0.05, 0) is 40.8 Å². The molecule has 1 amide bonds. The van der Waals surface area contributed by atoms with Crippen molar-refractivity contribution in [3.8, 4) is 0 Å². The lowest BCUT2D eigenvalue weighted by atomic mass is 9.79. The molecule has 4 N–H and O–H groups in total. The fourth-order valence-electron chi connectivity index (χ4n) is 2.39. The van der Waals surface area contributed by atoms with E-state index in [4.69, 9.17) is 15.1 Å². The Hall–Kier alpha value is -2.33. The Morgan fingerprint density at radius 1 is 1.19 bits per heavy atom. The van der Waals surface area contributed by atoms with Crippen molar-refractivity contribution in [2.45, 2.75) is 6.54 Å². The number of carbonyl (C=O) groups excluding carboxylic acids is 1. The van der Waals surface area contributed by atoms with Crippen LogP contribution in [0.5, 0.6) is 0 Å². The molecule has 0 aliphatic carbocycles. The molecule has 0 spiro atoms. The maximum Gasteiger partial charge on any atom is 0.488 e. The number of benzene rings is 2. The Morgan fingerprint density at radius 2 is 1.88 bits per heavy atom. The Bertz CT molecular complexity index is 824. The molecule has 0 aliphatic heterocycles. The van der Waals surface area contributed by atoms with Crippen molar-refractivity contribution in [1.82, 2.24) is 10.4 Å². The van der Waals surface area contributed by atoms with Crippen LogP contribution in [-0.4, -0.2) is 47.6 Å². The van der Waals surface area contributed by atoms with Crippen molar-refractivity contribution in [3.63, 3.8) is 0 Å². The second-order valence-corrected chi connectivity index (χ2v) is 5.47. The van der Waals surface area contributed by atoms with Gasteiger partial charge in [-0.3, -0.25) is 9.80 Å². The molecule has 0 unspecified atom stereocenters. The van der Waals surface area contributed by atoms with Gasteiger partial charge in [0.2, 0.25) is 0 Å². The average molecular weight is 366 g/mol. The van der Waals surface area contributed by atoms with Crippen LogP contribution in [-0.2, 0) is 6.54 Å². The molecule has 0 heterocycles. The number of halogens is 3. The number of hydrazine groups is 1. The Kier molecular flexibility index (Phi) is 6.43. The summed E-state index contributed by atoms with van der Waals surface area (Å²) in [7, 11) is -1.28. The highest BCUT2D eigenvalue weighted by Gasteiger charge is 2.21. The lowest BCUT2D eigenvalue weighted by Crippen LogP contribution is -2.41. The Labute approximate surface area is 148 Å². The summed E-state index contributed by atoms with van der Waals surface area (Å²) in [5.41, 5.74) is 2.09. The van der Waals surface area contributed by atoms with Gasteiger partial charge in [-0.2, -0.15) is 0 Å². The predicted molar refractivity (Wildman–Crippen MR) is 90.5 cm³/mol. The minimum Gasteiger partial charge on any atom is -0.449 e. The first kappa shape index (κ1) is 20.0. The van der Waals surface area contributed by atoms with Crippen LogP contribution in [0.25, 0.3) is 0 Å². The molecule has 0 saturated heterocycles. The number of nitrogens with one attached hydrogen (secondary N) is 1. The number of carbonyl (C=O) groups is 1. The monoisotopic (exact) mass is 366 g/mol. The third kappa shape index (κ3) is 4.44. The van der Waals surface area contributed by atoms with Crippen LogP contribution in [0.3, 0.4) is 0 Å². The average Bonchev–Trinajstić information content (AvgIpc) is 2.61. The standard InChI is InChI=1S/C15H15B2F3N2O4/c1-21-22(7-8-2-12(16-24)14(20)13(19)3-8)15(23)9-4-10(17(25)26)6-11(18)5-9/h2-6,16,21,24-26H,7H2,1H3. The van der Waals surface area contributed by atoms with E-state index in [0.717, 1.165) is 29.3 Å². The zero-order valence-corrected chi connectivity index (χ0v) is 13.7. The van der Waals surface area contributed by atoms with Gasteiger partial charge in [0.15, 0.2) is 11.6 Å². The first-order valence-electron chi connectivity index (χ1n) is 7.50. The summed E-state index contributed by atoms with van der Waals surface area (Å²) >= 11 is 0. The van der Waals surface area contributed by atoms with Gasteiger partial charge in [0.1, 0.15) is 5.82 Å². The molecule has 0 fully saturated rings. The van der Waals surface area contributed by atoms with E-state index in [0.29, 0.717) is 0 Å². The van der Waals surface area contributed by atoms with Crippen LogP contribution >= 0.6 is 0 Å². The summed E-state index contributed by atoms with van der Waals surface area (Å²) in [6, 6.07) is 4.95. The normalized spacial score (nSPS) is 10.6. The van der Waals surface area contributed by atoms with E-state index >= 15 is 0 Å². The SMILES string of the molecule is CNN(Cc1cc(F)c(F)c(BO)c1)C(=O)c1cc(F)cc(B(O)O)c1. The van der Waals surface area contributed by atoms with Gasteiger partial charge in [-0.1, -0.05) is 6.07 Å². The van der Waals surface area contributed by atoms with Gasteiger partial charge in [-0.15, -0.1) is 0 Å². The Balaban J connectivity index is 2.31. The van der Waals surface area contributed by atoms with Gasteiger partial charge in [-0.25, -0.2) is 18.6 Å². The first-order valence-corrected chi connectivity index (χ1v) is 7.50. The predicted octanol–water partition coefficient (Wildman–Crippen LogP) is -1.47. The van der Waals surface area contributed by atoms with Gasteiger partial charge in [0, 0.05) is 12.6 Å². The second kappa shape index (κ2) is 8.37. The largest absolute Gasteiger partial charge is 0.488 e. The smallest absolute Gasteiger partial charge is 0.449 e. The number of rotatable bonds is 6. The fraction of sp³-hybridized carbons (Fsp3) is 0.133. The Morgan fingerprint density at radius 3 is 2.46 bits per heavy atom. The molecule has 26 heavy (non-hydrogen) atoms. The van der Waals surface area contributed by atoms with Crippen molar-refractivity contribution < 1.29 is 33.0 Å². The molecule has 11 heteroatoms. The van der Waals surface area contributed by atoms with Gasteiger partial charge in [0.05, 0.1) is 6.54 Å². The minimum atomic E-state index is -1.96. The molecular formula is C15H15B2F3N2O4. The highest BCUT2D eigenvalue weighted by atomic mass is 19.2. The van der Waals surface area contributed by atoms with Gasteiger partial charge >= 0.3 is 14.6 Å². The molecule has 2 aromatic carbocycles. The fourth-order valence-corrected chi connectivity index (χ4v) is 2.39. The van der Waals surface area contributed by atoms with Crippen LogP contribution in [0.1, 0.15) is 15.9 Å². The van der Waals surface area contributed by atoms with E-state index in [1.807, 2.05) is 0 Å². The summed E-state index contributed by atoms with van der Waals surface area (Å²) in [5, 5.41) is 28.4. The lowest BCUT2D eigenvalue weighted by Gasteiger charge is -2.22. The van der Waals surface area contributed by atoms with Gasteiger partial charge in [0.25, 0.3) is 5.91 Å². The van der Waals surface area contributed by atoms with Crippen LogP contribution < -0.4 is 16.4 Å². The minimum absolute atomic E-state index is 0.174. The zero-order valence-electron chi connectivity index (χ0n) is 13.7. The van der Waals surface area contributed by atoms with Crippen LogP contribution in [0.15, 0.2) is 30.3 Å². The van der Waals surface area contributed by atoms with Crippen LogP contribution in [0, 0.1) is 17.5 Å². The van der Waals surface area contributed by atoms with E-state index in [9.17, 15) is 18.0 Å². The highest BCUT2D eigenvalue weighted by Crippen LogP contribution is 2.12. The van der Waals surface area contributed by atoms with Crippen molar-refractivity contribution in [2.75, 3.05) is 7.05 Å². The van der Waals surface area contributed by atoms with E-state index < -0.39 is 38.0 Å². The number of nitrogens with zero attached hydrogens (tertiary/aromatic N) is 1. The molecule has 0 bridgehead atoms. The van der Waals surface area contributed by atoms with Crippen molar-refractivity contribution in [2.24, 2.45) is 0 Å². The molecule has 0 aromatic heterocycles. The summed E-state index contributed by atoms with van der Waals surface area (Å²) in [6.07, 6.45) is 0. The van der Waals surface area contributed by atoms with E-state index in [-0.39, 0.29) is 28.6 Å². The van der Waals surface area contributed by atoms with Gasteiger partial charge < -0.3 is 15.1 Å². The molecule has 0 atom stereocenters. The molecule has 0 radical (unpaired) electrons. The molecule has 2 aromatic rings. The van der Waals surface area contributed by atoms with Crippen molar-refractivity contribution >= 4 is 31.4 Å². The van der Waals surface area contributed by atoms with Crippen LogP contribution in [0.4, 0.5) is 13.2 Å². The second-order valence-electron chi connectivity index (χ2n) is 5.47. The molecule has 136 valence electrons. The molecular weight excluding hydrogens is 351 g/mol. The number of hydrogen-bond donors (Lipinski definition) is 4. The van der Waals surface area contributed by atoms with E-state index in [1.54, 1.807) is 0 Å². The molecule has 2 rings (SSSR count). The topological polar surface area (TPSA) is 93.0 Å². The van der Waals surface area contributed by atoms with E-state index in [1.165, 1.54) is 13.1 Å². The summed E-state index contributed by atoms with van der Waals surface area (Å²) in [5.74, 6) is -3.92. The molecule has 0 saturated carbocycles. The lowest BCUT2D eigenvalue weighted by molar-refractivity contribution is 0.0663. The summed E-state index contributed by atoms with van der Waals surface area (Å²) in [6.45, 7) is -0.215. The maximum atomic E-state index is 13.6. The third-order valence-electron chi connectivity index (χ3n) is 3.65. The number of amides is 1. The first-order chi connectivity index (χ1) is 12.3. The summed E-state index contributed by atoms with van der Waals surface area (Å²) in [4.78, 5) is 12.5. The number of hydrogen-bond acceptors (Lipinski definition) is 5. The summed E-state index contributed by atoms with van der Waals surface area (Å²) < 4.78 is 40.7. The third-order valence-corrected chi connectivity index (χ3v) is 3.65. The molecule has 6 nitrogen and oxygen atoms in total. The quantitative estimate of drug-likeness (QED) is 0.370. The highest BCUT2D eigenvalue weighted by molar-refractivity contribution is 6.58. The van der Waals surface area contributed by atoms with Crippen molar-refractivity contribution in [3.05, 3.63) is 58.9 Å². The van der Waals surface area contributed by atoms with E-state index in [2.05, 4.69) is 5.43 Å². The van der Waals surface area contributed by atoms with Crippen LogP contribution in [0.2, 0.25) is 0 Å². The zero-order chi connectivity index (χ0) is 19.4. The van der Waals surface area contributed by atoms with Crippen molar-refractivity contribution in [1.29, 1.82) is 0 Å². The molecule has 0 aliphatic rings. The maximum absolute atomic E-state index is 13.6.